The van der Waals surface area contributed by atoms with Crippen molar-refractivity contribution in [1.82, 2.24) is 10.9 Å². The summed E-state index contributed by atoms with van der Waals surface area (Å²) < 4.78 is 5.34. The summed E-state index contributed by atoms with van der Waals surface area (Å²) in [4.78, 5) is 38.4. The number of benzene rings is 1. The van der Waals surface area contributed by atoms with Crippen LogP contribution in [-0.4, -0.2) is 31.4 Å². The molecule has 1 aliphatic carbocycles. The van der Waals surface area contributed by atoms with Crippen LogP contribution in [0.5, 0.6) is 5.75 Å². The number of amides is 3. The van der Waals surface area contributed by atoms with Gasteiger partial charge < -0.3 is 9.64 Å². The molecular weight excluding hydrogens is 334 g/mol. The molecule has 1 saturated carbocycles. The van der Waals surface area contributed by atoms with Crippen LogP contribution in [0.2, 0.25) is 0 Å². The van der Waals surface area contributed by atoms with Gasteiger partial charge in [0.25, 0.3) is 0 Å². The molecule has 2 fully saturated rings. The quantitative estimate of drug-likeness (QED) is 0.801. The van der Waals surface area contributed by atoms with Crippen molar-refractivity contribution in [3.05, 3.63) is 23.8 Å². The maximum absolute atomic E-state index is 12.4. The van der Waals surface area contributed by atoms with E-state index < -0.39 is 5.92 Å². The van der Waals surface area contributed by atoms with Crippen LogP contribution in [-0.2, 0) is 14.4 Å². The van der Waals surface area contributed by atoms with Gasteiger partial charge in [-0.1, -0.05) is 18.9 Å². The second-order valence-electron chi connectivity index (χ2n) is 7.04. The number of hydrazine groups is 1. The van der Waals surface area contributed by atoms with E-state index >= 15 is 0 Å². The van der Waals surface area contributed by atoms with Crippen molar-refractivity contribution in [2.24, 2.45) is 11.8 Å². The standard InChI is InChI=1S/C19H25N3O4/c1-12-7-8-16(26-2)15(9-12)22-11-14(10-17(22)23)19(25)21-20-18(24)13-5-3-4-6-13/h7-9,13-14H,3-6,10-11H2,1-2H3,(H,20,24)(H,21,25)/t14-/m0/s1. The van der Waals surface area contributed by atoms with Crippen LogP contribution in [0, 0.1) is 18.8 Å². The Labute approximate surface area is 153 Å². The van der Waals surface area contributed by atoms with Crippen molar-refractivity contribution in [2.45, 2.75) is 39.0 Å². The van der Waals surface area contributed by atoms with Gasteiger partial charge in [0.15, 0.2) is 0 Å². The molecule has 2 N–H and O–H groups in total. The van der Waals surface area contributed by atoms with Crippen LogP contribution in [0.3, 0.4) is 0 Å². The maximum atomic E-state index is 12.4. The van der Waals surface area contributed by atoms with E-state index in [1.807, 2.05) is 25.1 Å². The van der Waals surface area contributed by atoms with Crippen LogP contribution in [0.25, 0.3) is 0 Å². The van der Waals surface area contributed by atoms with Crippen LogP contribution < -0.4 is 20.5 Å². The molecule has 7 nitrogen and oxygen atoms in total. The van der Waals surface area contributed by atoms with E-state index in [2.05, 4.69) is 10.9 Å². The van der Waals surface area contributed by atoms with E-state index in [1.54, 1.807) is 12.0 Å². The van der Waals surface area contributed by atoms with Gasteiger partial charge in [0.05, 0.1) is 18.7 Å². The molecule has 1 aliphatic heterocycles. The third kappa shape index (κ3) is 3.81. The number of aryl methyl sites for hydroxylation is 1. The predicted molar refractivity (Wildman–Crippen MR) is 96.4 cm³/mol. The molecule has 1 aromatic carbocycles. The SMILES string of the molecule is COc1ccc(C)cc1N1C[C@@H](C(=O)NNC(=O)C2CCCC2)CC1=O. The fraction of sp³-hybridized carbons (Fsp3) is 0.526. The first-order valence-corrected chi connectivity index (χ1v) is 9.04. The topological polar surface area (TPSA) is 87.7 Å². The van der Waals surface area contributed by atoms with E-state index in [1.165, 1.54) is 0 Å². The van der Waals surface area contributed by atoms with E-state index in [0.29, 0.717) is 11.4 Å². The highest BCUT2D eigenvalue weighted by Crippen LogP contribution is 2.34. The van der Waals surface area contributed by atoms with Crippen LogP contribution in [0.4, 0.5) is 5.69 Å². The second-order valence-corrected chi connectivity index (χ2v) is 7.04. The van der Waals surface area contributed by atoms with Gasteiger partial charge in [-0.15, -0.1) is 0 Å². The first kappa shape index (κ1) is 18.2. The van der Waals surface area contributed by atoms with Gasteiger partial charge in [-0.05, 0) is 37.5 Å². The van der Waals surface area contributed by atoms with E-state index in [9.17, 15) is 14.4 Å². The van der Waals surface area contributed by atoms with Crippen molar-refractivity contribution < 1.29 is 19.1 Å². The lowest BCUT2D eigenvalue weighted by Gasteiger charge is -2.20. The summed E-state index contributed by atoms with van der Waals surface area (Å²) in [7, 11) is 1.55. The number of carbonyl (C=O) groups is 3. The monoisotopic (exact) mass is 359 g/mol. The number of nitrogens with zero attached hydrogens (tertiary/aromatic N) is 1. The maximum Gasteiger partial charge on any atom is 0.243 e. The van der Waals surface area contributed by atoms with Gasteiger partial charge in [0, 0.05) is 18.9 Å². The Kier molecular flexibility index (Phi) is 5.44. The molecule has 0 bridgehead atoms. The summed E-state index contributed by atoms with van der Waals surface area (Å²) >= 11 is 0. The fourth-order valence-electron chi connectivity index (χ4n) is 3.64. The van der Waals surface area contributed by atoms with Gasteiger partial charge in [-0.2, -0.15) is 0 Å². The molecule has 1 aromatic rings. The van der Waals surface area contributed by atoms with Crippen molar-refractivity contribution in [1.29, 1.82) is 0 Å². The largest absolute Gasteiger partial charge is 0.495 e. The van der Waals surface area contributed by atoms with Gasteiger partial charge in [0.1, 0.15) is 5.75 Å². The minimum atomic E-state index is -0.503. The lowest BCUT2D eigenvalue weighted by Crippen LogP contribution is -2.47. The molecule has 3 rings (SSSR count). The zero-order valence-corrected chi connectivity index (χ0v) is 15.2. The molecule has 0 radical (unpaired) electrons. The highest BCUT2D eigenvalue weighted by atomic mass is 16.5. The Morgan fingerprint density at radius 3 is 2.42 bits per heavy atom. The second kappa shape index (κ2) is 7.76. The minimum absolute atomic E-state index is 0.0198. The average molecular weight is 359 g/mol. The van der Waals surface area contributed by atoms with Gasteiger partial charge in [0.2, 0.25) is 17.7 Å². The highest BCUT2D eigenvalue weighted by molar-refractivity contribution is 6.01. The number of methoxy groups -OCH3 is 1. The minimum Gasteiger partial charge on any atom is -0.495 e. The number of nitrogens with one attached hydrogen (secondary N) is 2. The third-order valence-corrected chi connectivity index (χ3v) is 5.16. The summed E-state index contributed by atoms with van der Waals surface area (Å²) in [5.74, 6) is -0.530. The lowest BCUT2D eigenvalue weighted by atomic mass is 10.1. The Hall–Kier alpha value is -2.57. The summed E-state index contributed by atoms with van der Waals surface area (Å²) in [5, 5.41) is 0. The number of rotatable bonds is 4. The molecule has 1 atom stereocenters. The first-order valence-electron chi connectivity index (χ1n) is 9.04. The molecule has 0 aromatic heterocycles. The smallest absolute Gasteiger partial charge is 0.243 e. The van der Waals surface area contributed by atoms with Crippen LogP contribution in [0.15, 0.2) is 18.2 Å². The Balaban J connectivity index is 1.61. The summed E-state index contributed by atoms with van der Waals surface area (Å²) in [6.07, 6.45) is 3.95. The van der Waals surface area contributed by atoms with Gasteiger partial charge >= 0.3 is 0 Å². The van der Waals surface area contributed by atoms with Gasteiger partial charge in [-0.3, -0.25) is 25.2 Å². The molecule has 140 valence electrons. The molecule has 7 heteroatoms. The summed E-state index contributed by atoms with van der Waals surface area (Å²) in [6, 6.07) is 5.59. The lowest BCUT2D eigenvalue weighted by molar-refractivity contribution is -0.133. The first-order chi connectivity index (χ1) is 12.5. The van der Waals surface area contributed by atoms with E-state index in [4.69, 9.17) is 4.74 Å². The van der Waals surface area contributed by atoms with E-state index in [0.717, 1.165) is 31.2 Å². The van der Waals surface area contributed by atoms with Crippen LogP contribution in [0.1, 0.15) is 37.7 Å². The fourth-order valence-corrected chi connectivity index (χ4v) is 3.64. The van der Waals surface area contributed by atoms with Crippen molar-refractivity contribution in [3.63, 3.8) is 0 Å². The highest BCUT2D eigenvalue weighted by Gasteiger charge is 2.36. The number of ether oxygens (including phenoxy) is 1. The molecule has 26 heavy (non-hydrogen) atoms. The summed E-state index contributed by atoms with van der Waals surface area (Å²) in [6.45, 7) is 2.20. The Bertz CT molecular complexity index is 713. The molecular formula is C19H25N3O4. The Morgan fingerprint density at radius 2 is 1.77 bits per heavy atom. The number of anilines is 1. The van der Waals surface area contributed by atoms with Crippen molar-refractivity contribution in [2.75, 3.05) is 18.6 Å². The molecule has 3 amide bonds. The summed E-state index contributed by atoms with van der Waals surface area (Å²) in [5.41, 5.74) is 6.67. The molecule has 1 saturated heterocycles. The van der Waals surface area contributed by atoms with Crippen molar-refractivity contribution in [3.8, 4) is 5.75 Å². The molecule has 0 unspecified atom stereocenters. The number of hydrogen-bond acceptors (Lipinski definition) is 4. The zero-order chi connectivity index (χ0) is 18.7. The van der Waals surface area contributed by atoms with E-state index in [-0.39, 0.29) is 36.6 Å². The number of hydrogen-bond donors (Lipinski definition) is 2. The van der Waals surface area contributed by atoms with Crippen LogP contribution >= 0.6 is 0 Å². The molecule has 1 heterocycles. The zero-order valence-electron chi connectivity index (χ0n) is 15.2. The third-order valence-electron chi connectivity index (χ3n) is 5.16. The number of carbonyl (C=O) groups excluding carboxylic acids is 3. The van der Waals surface area contributed by atoms with Crippen molar-refractivity contribution >= 4 is 23.4 Å². The molecule has 0 spiro atoms. The Morgan fingerprint density at radius 1 is 1.12 bits per heavy atom. The predicted octanol–water partition coefficient (Wildman–Crippen LogP) is 1.69. The normalized spacial score (nSPS) is 20.3. The average Bonchev–Trinajstić information content (AvgIpc) is 3.29. The van der Waals surface area contributed by atoms with Gasteiger partial charge in [-0.25, -0.2) is 0 Å². The molecule has 2 aliphatic rings.